The number of aromatic nitrogens is 2. The number of H-pyrrole nitrogens is 2. The molecule has 1 aromatic heterocycles. The topological polar surface area (TPSA) is 136 Å². The van der Waals surface area contributed by atoms with E-state index in [1.54, 1.807) is 0 Å². The fourth-order valence-corrected chi connectivity index (χ4v) is 1.70. The molecule has 0 unspecified atom stereocenters. The van der Waals surface area contributed by atoms with Crippen LogP contribution in [0.25, 0.3) is 0 Å². The third-order valence-electron chi connectivity index (χ3n) is 2.48. The molecular weight excluding hydrogens is 302 g/mol. The van der Waals surface area contributed by atoms with E-state index in [0.717, 1.165) is 6.21 Å². The summed E-state index contributed by atoms with van der Waals surface area (Å²) < 4.78 is 0. The van der Waals surface area contributed by atoms with Crippen molar-refractivity contribution in [1.29, 1.82) is 0 Å². The van der Waals surface area contributed by atoms with Crippen molar-refractivity contribution in [2.24, 2.45) is 4.99 Å². The smallest absolute Gasteiger partial charge is 0.337 e. The molecule has 4 N–H and O–H groups in total. The number of halogens is 1. The highest BCUT2D eigenvalue weighted by Gasteiger charge is 2.09. The number of benzene rings is 1. The number of nitrogens with zero attached hydrogens (tertiary/aromatic N) is 1. The summed E-state index contributed by atoms with van der Waals surface area (Å²) >= 11 is 5.71. The normalized spacial score (nSPS) is 10.9. The van der Waals surface area contributed by atoms with Gasteiger partial charge in [0.2, 0.25) is 5.88 Å². The van der Waals surface area contributed by atoms with Gasteiger partial charge in [-0.2, -0.15) is 0 Å². The summed E-state index contributed by atoms with van der Waals surface area (Å²) in [6.07, 6.45) is 0.999. The Kier molecular flexibility index (Phi) is 3.90. The summed E-state index contributed by atoms with van der Waals surface area (Å²) in [5.74, 6) is -1.86. The van der Waals surface area contributed by atoms with Gasteiger partial charge in [0, 0.05) is 6.21 Å². The Morgan fingerprint density at radius 3 is 2.62 bits per heavy atom. The maximum atomic E-state index is 11.5. The van der Waals surface area contributed by atoms with Crippen LogP contribution in [0.15, 0.2) is 32.8 Å². The van der Waals surface area contributed by atoms with Crippen molar-refractivity contribution in [3.63, 3.8) is 0 Å². The van der Waals surface area contributed by atoms with Crippen molar-refractivity contribution in [3.8, 4) is 5.88 Å². The third-order valence-corrected chi connectivity index (χ3v) is 2.81. The van der Waals surface area contributed by atoms with Gasteiger partial charge < -0.3 is 10.2 Å². The molecule has 0 aliphatic heterocycles. The van der Waals surface area contributed by atoms with Crippen molar-refractivity contribution in [1.82, 2.24) is 9.97 Å². The van der Waals surface area contributed by atoms with Gasteiger partial charge in [-0.25, -0.2) is 9.59 Å². The van der Waals surface area contributed by atoms with E-state index < -0.39 is 23.1 Å². The molecule has 0 amide bonds. The van der Waals surface area contributed by atoms with Crippen LogP contribution in [0.5, 0.6) is 5.88 Å². The molecule has 0 saturated carbocycles. The lowest BCUT2D eigenvalue weighted by Gasteiger charge is -2.00. The summed E-state index contributed by atoms with van der Waals surface area (Å²) in [6, 6.07) is 3.98. The van der Waals surface area contributed by atoms with Crippen LogP contribution in [-0.4, -0.2) is 32.4 Å². The van der Waals surface area contributed by atoms with E-state index in [0.29, 0.717) is 0 Å². The Hall–Kier alpha value is -2.87. The molecule has 8 nitrogen and oxygen atoms in total. The quantitative estimate of drug-likeness (QED) is 0.624. The van der Waals surface area contributed by atoms with Crippen LogP contribution in [0.1, 0.15) is 15.9 Å². The van der Waals surface area contributed by atoms with Gasteiger partial charge in [0.15, 0.2) is 0 Å². The van der Waals surface area contributed by atoms with Crippen molar-refractivity contribution in [2.45, 2.75) is 0 Å². The molecule has 0 fully saturated rings. The molecule has 0 radical (unpaired) electrons. The van der Waals surface area contributed by atoms with Crippen LogP contribution < -0.4 is 11.2 Å². The average Bonchev–Trinajstić information content (AvgIpc) is 2.38. The maximum Gasteiger partial charge on any atom is 0.337 e. The summed E-state index contributed by atoms with van der Waals surface area (Å²) in [5, 5.41) is 18.4. The molecule has 1 heterocycles. The Labute approximate surface area is 121 Å². The van der Waals surface area contributed by atoms with Crippen LogP contribution in [-0.2, 0) is 0 Å². The average molecular weight is 310 g/mol. The van der Waals surface area contributed by atoms with Gasteiger partial charge in [0.25, 0.3) is 5.56 Å². The molecule has 0 aliphatic carbocycles. The van der Waals surface area contributed by atoms with Crippen LogP contribution >= 0.6 is 11.6 Å². The van der Waals surface area contributed by atoms with Gasteiger partial charge in [-0.15, -0.1) is 0 Å². The summed E-state index contributed by atoms with van der Waals surface area (Å²) in [4.78, 5) is 41.1. The SMILES string of the molecule is O=C(O)c1cc(N=Cc2c(O)[nH]c(=O)[nH]c2=O)ccc1Cl. The minimum Gasteiger partial charge on any atom is -0.494 e. The summed E-state index contributed by atoms with van der Waals surface area (Å²) in [5.41, 5.74) is -1.88. The molecule has 2 aromatic rings. The molecule has 21 heavy (non-hydrogen) atoms. The maximum absolute atomic E-state index is 11.5. The monoisotopic (exact) mass is 309 g/mol. The van der Waals surface area contributed by atoms with E-state index in [1.165, 1.54) is 18.2 Å². The molecule has 9 heteroatoms. The number of aliphatic imine (C=N–C) groups is 1. The summed E-state index contributed by atoms with van der Waals surface area (Å²) in [6.45, 7) is 0. The second-order valence-electron chi connectivity index (χ2n) is 3.90. The molecule has 0 atom stereocenters. The van der Waals surface area contributed by atoms with Crippen LogP contribution in [0.3, 0.4) is 0 Å². The fraction of sp³-hybridized carbons (Fsp3) is 0. The first kappa shape index (κ1) is 14.5. The van der Waals surface area contributed by atoms with Crippen LogP contribution in [0.2, 0.25) is 5.02 Å². The molecule has 0 bridgehead atoms. The number of aromatic amines is 2. The number of hydrogen-bond donors (Lipinski definition) is 4. The molecule has 108 valence electrons. The van der Waals surface area contributed by atoms with E-state index in [-0.39, 0.29) is 21.8 Å². The van der Waals surface area contributed by atoms with Gasteiger partial charge >= 0.3 is 11.7 Å². The number of carbonyl (C=O) groups is 1. The minimum absolute atomic E-state index is 0.0474. The second-order valence-corrected chi connectivity index (χ2v) is 4.31. The fourth-order valence-electron chi connectivity index (χ4n) is 1.50. The number of carboxylic acids is 1. The summed E-state index contributed by atoms with van der Waals surface area (Å²) in [7, 11) is 0. The van der Waals surface area contributed by atoms with Crippen LogP contribution in [0.4, 0.5) is 5.69 Å². The zero-order chi connectivity index (χ0) is 15.6. The Bertz CT molecular complexity index is 853. The highest BCUT2D eigenvalue weighted by molar-refractivity contribution is 6.33. The highest BCUT2D eigenvalue weighted by Crippen LogP contribution is 2.22. The molecule has 2 rings (SSSR count). The first-order chi connectivity index (χ1) is 9.88. The minimum atomic E-state index is -1.22. The van der Waals surface area contributed by atoms with Gasteiger partial charge in [0.1, 0.15) is 5.56 Å². The Balaban J connectivity index is 2.43. The number of aromatic hydroxyl groups is 1. The van der Waals surface area contributed by atoms with Crippen molar-refractivity contribution >= 4 is 29.5 Å². The van der Waals surface area contributed by atoms with E-state index in [4.69, 9.17) is 16.7 Å². The van der Waals surface area contributed by atoms with Gasteiger partial charge in [-0.05, 0) is 18.2 Å². The largest absolute Gasteiger partial charge is 0.494 e. The third kappa shape index (κ3) is 3.18. The lowest BCUT2D eigenvalue weighted by molar-refractivity contribution is 0.0697. The predicted octanol–water partition coefficient (Wildman–Crippen LogP) is 0.871. The Morgan fingerprint density at radius 1 is 1.29 bits per heavy atom. The van der Waals surface area contributed by atoms with Crippen LogP contribution in [0, 0.1) is 0 Å². The highest BCUT2D eigenvalue weighted by atomic mass is 35.5. The van der Waals surface area contributed by atoms with E-state index >= 15 is 0 Å². The number of hydrogen-bond acceptors (Lipinski definition) is 5. The zero-order valence-electron chi connectivity index (χ0n) is 10.3. The first-order valence-corrected chi connectivity index (χ1v) is 5.89. The second kappa shape index (κ2) is 5.63. The predicted molar refractivity (Wildman–Crippen MR) is 75.0 cm³/mol. The molecular formula is C12H8ClN3O5. The molecule has 0 saturated heterocycles. The van der Waals surface area contributed by atoms with E-state index in [9.17, 15) is 19.5 Å². The van der Waals surface area contributed by atoms with Gasteiger partial charge in [-0.3, -0.25) is 19.8 Å². The zero-order valence-corrected chi connectivity index (χ0v) is 11.0. The number of carboxylic acid groups (broad SMARTS) is 1. The van der Waals surface area contributed by atoms with Crippen molar-refractivity contribution in [2.75, 3.05) is 0 Å². The van der Waals surface area contributed by atoms with Gasteiger partial charge in [0.05, 0.1) is 16.3 Å². The Morgan fingerprint density at radius 2 is 2.00 bits per heavy atom. The number of aromatic carboxylic acids is 1. The first-order valence-electron chi connectivity index (χ1n) is 5.51. The number of nitrogens with one attached hydrogen (secondary N) is 2. The van der Waals surface area contributed by atoms with Gasteiger partial charge in [-0.1, -0.05) is 11.6 Å². The standard InChI is InChI=1S/C12H8ClN3O5/c13-8-2-1-5(3-6(8)11(19)20)14-4-7-9(17)15-12(21)16-10(7)18/h1-4H,(H,19,20)(H3,15,16,17,18,21). The lowest BCUT2D eigenvalue weighted by Crippen LogP contribution is -2.24. The van der Waals surface area contributed by atoms with E-state index in [2.05, 4.69) is 4.99 Å². The molecule has 0 aliphatic rings. The number of rotatable bonds is 3. The van der Waals surface area contributed by atoms with Crippen molar-refractivity contribution in [3.05, 3.63) is 55.2 Å². The van der Waals surface area contributed by atoms with Crippen molar-refractivity contribution < 1.29 is 15.0 Å². The molecule has 1 aromatic carbocycles. The van der Waals surface area contributed by atoms with E-state index in [1.807, 2.05) is 9.97 Å². The lowest BCUT2D eigenvalue weighted by atomic mass is 10.2. The molecule has 0 spiro atoms.